The number of carbonyl (C=O) groups is 2. The third kappa shape index (κ3) is 3.78. The third-order valence-corrected chi connectivity index (χ3v) is 6.22. The van der Waals surface area contributed by atoms with Crippen molar-refractivity contribution in [2.24, 2.45) is 11.8 Å². The van der Waals surface area contributed by atoms with Crippen molar-refractivity contribution in [2.45, 2.75) is 45.6 Å². The van der Waals surface area contributed by atoms with E-state index < -0.39 is 0 Å². The molecule has 1 aromatic rings. The Balaban J connectivity index is 1.50. The second-order valence-corrected chi connectivity index (χ2v) is 8.10. The van der Waals surface area contributed by atoms with Crippen LogP contribution in [0.4, 0.5) is 0 Å². The molecule has 2 aliphatic heterocycles. The second-order valence-electron chi connectivity index (χ2n) is 8.10. The summed E-state index contributed by atoms with van der Waals surface area (Å²) in [5, 5.41) is 3.13. The number of allylic oxidation sites excluding steroid dienone is 4. The van der Waals surface area contributed by atoms with Gasteiger partial charge in [0.2, 0.25) is 5.91 Å². The lowest BCUT2D eigenvalue weighted by atomic mass is 9.79. The maximum absolute atomic E-state index is 13.0. The number of piperidine rings is 1. The Labute approximate surface area is 165 Å². The van der Waals surface area contributed by atoms with Crippen LogP contribution in [0.25, 0.3) is 0 Å². The molecule has 1 N–H and O–H groups in total. The predicted molar refractivity (Wildman–Crippen MR) is 104 cm³/mol. The van der Waals surface area contributed by atoms with Crippen molar-refractivity contribution in [3.05, 3.63) is 47.1 Å². The molecule has 1 aromatic heterocycles. The summed E-state index contributed by atoms with van der Waals surface area (Å²) in [5.74, 6) is 0.223. The smallest absolute Gasteiger partial charge is 0.289 e. The summed E-state index contributed by atoms with van der Waals surface area (Å²) < 4.78 is 11.1. The Hall–Kier alpha value is -2.34. The van der Waals surface area contributed by atoms with Gasteiger partial charge in [0.15, 0.2) is 5.76 Å². The Bertz CT molecular complexity index is 803. The molecule has 0 saturated carbocycles. The minimum Gasteiger partial charge on any atom is -0.459 e. The van der Waals surface area contributed by atoms with E-state index >= 15 is 0 Å². The van der Waals surface area contributed by atoms with Crippen LogP contribution in [-0.4, -0.2) is 42.5 Å². The lowest BCUT2D eigenvalue weighted by molar-refractivity contribution is -0.127. The van der Waals surface area contributed by atoms with E-state index in [1.54, 1.807) is 17.0 Å². The Morgan fingerprint density at radius 2 is 2.18 bits per heavy atom. The lowest BCUT2D eigenvalue weighted by Crippen LogP contribution is -2.48. The number of rotatable bonds is 5. The molecular weight excluding hydrogens is 356 g/mol. The van der Waals surface area contributed by atoms with Crippen molar-refractivity contribution in [3.63, 3.8) is 0 Å². The number of hydrogen-bond acceptors (Lipinski definition) is 4. The van der Waals surface area contributed by atoms with Gasteiger partial charge in [-0.25, -0.2) is 0 Å². The van der Waals surface area contributed by atoms with E-state index in [1.807, 2.05) is 0 Å². The summed E-state index contributed by atoms with van der Waals surface area (Å²) in [7, 11) is 0. The van der Waals surface area contributed by atoms with Gasteiger partial charge in [0, 0.05) is 31.3 Å². The molecule has 3 aliphatic rings. The van der Waals surface area contributed by atoms with E-state index in [1.165, 1.54) is 17.4 Å². The van der Waals surface area contributed by atoms with E-state index in [4.69, 9.17) is 9.15 Å². The Morgan fingerprint density at radius 3 is 2.89 bits per heavy atom. The molecule has 3 heterocycles. The maximum Gasteiger partial charge on any atom is 0.289 e. The topological polar surface area (TPSA) is 71.8 Å². The molecule has 4 rings (SSSR count). The normalized spacial score (nSPS) is 27.3. The predicted octanol–water partition coefficient (Wildman–Crippen LogP) is 3.28. The third-order valence-electron chi connectivity index (χ3n) is 6.22. The molecule has 0 aromatic carbocycles. The Kier molecular flexibility index (Phi) is 5.40. The van der Waals surface area contributed by atoms with Gasteiger partial charge in [0.05, 0.1) is 18.3 Å². The number of hydrogen-bond donors (Lipinski definition) is 1. The minimum atomic E-state index is -0.228. The first kappa shape index (κ1) is 19.0. The molecule has 3 unspecified atom stereocenters. The zero-order valence-electron chi connectivity index (χ0n) is 16.6. The van der Waals surface area contributed by atoms with Crippen LogP contribution < -0.4 is 5.32 Å². The van der Waals surface area contributed by atoms with Crippen molar-refractivity contribution in [1.82, 2.24) is 10.2 Å². The highest BCUT2D eigenvalue weighted by atomic mass is 16.5. The molecule has 2 amide bonds. The van der Waals surface area contributed by atoms with Gasteiger partial charge in [-0.3, -0.25) is 9.59 Å². The van der Waals surface area contributed by atoms with Crippen LogP contribution in [-0.2, 0) is 9.53 Å². The van der Waals surface area contributed by atoms with E-state index in [9.17, 15) is 9.59 Å². The van der Waals surface area contributed by atoms with Gasteiger partial charge in [-0.15, -0.1) is 0 Å². The molecule has 2 fully saturated rings. The monoisotopic (exact) mass is 384 g/mol. The molecule has 6 nitrogen and oxygen atoms in total. The molecule has 150 valence electrons. The molecular formula is C22H28N2O4. The van der Waals surface area contributed by atoms with Crippen LogP contribution in [0.15, 0.2) is 45.7 Å². The van der Waals surface area contributed by atoms with E-state index in [-0.39, 0.29) is 23.8 Å². The fourth-order valence-electron chi connectivity index (χ4n) is 4.46. The van der Waals surface area contributed by atoms with E-state index in [0.29, 0.717) is 24.8 Å². The number of carbonyl (C=O) groups excluding carboxylic acids is 2. The highest BCUT2D eigenvalue weighted by molar-refractivity contribution is 5.92. The van der Waals surface area contributed by atoms with Crippen molar-refractivity contribution < 1.29 is 18.7 Å². The molecule has 0 spiro atoms. The fraction of sp³-hybridized carbons (Fsp3) is 0.545. The van der Waals surface area contributed by atoms with Gasteiger partial charge >= 0.3 is 0 Å². The van der Waals surface area contributed by atoms with Crippen molar-refractivity contribution in [1.29, 1.82) is 0 Å². The first-order valence-corrected chi connectivity index (χ1v) is 10.2. The van der Waals surface area contributed by atoms with E-state index in [2.05, 4.69) is 25.2 Å². The molecule has 6 heteroatoms. The van der Waals surface area contributed by atoms with Gasteiger partial charge in [-0.05, 0) is 57.2 Å². The van der Waals surface area contributed by atoms with Crippen LogP contribution in [0.1, 0.15) is 50.1 Å². The van der Waals surface area contributed by atoms with Crippen LogP contribution >= 0.6 is 0 Å². The highest BCUT2D eigenvalue weighted by Gasteiger charge is 2.37. The van der Waals surface area contributed by atoms with Crippen molar-refractivity contribution in [3.8, 4) is 0 Å². The SMILES string of the molecule is CC1=CCC2CC(CN(CC3CCCO3)C(=O)c3ccco3)C(=O)NC2=C1C. The number of amides is 2. The summed E-state index contributed by atoms with van der Waals surface area (Å²) in [6.45, 7) is 5.77. The molecule has 28 heavy (non-hydrogen) atoms. The van der Waals surface area contributed by atoms with Crippen LogP contribution in [0.5, 0.6) is 0 Å². The molecule has 0 radical (unpaired) electrons. The van der Waals surface area contributed by atoms with Gasteiger partial charge in [-0.1, -0.05) is 11.6 Å². The van der Waals surface area contributed by atoms with Crippen molar-refractivity contribution >= 4 is 11.8 Å². The van der Waals surface area contributed by atoms with Crippen LogP contribution in [0.2, 0.25) is 0 Å². The first-order valence-electron chi connectivity index (χ1n) is 10.2. The average molecular weight is 384 g/mol. The van der Waals surface area contributed by atoms with Crippen LogP contribution in [0, 0.1) is 11.8 Å². The summed E-state index contributed by atoms with van der Waals surface area (Å²) in [6.07, 6.45) is 7.43. The number of nitrogens with one attached hydrogen (secondary N) is 1. The van der Waals surface area contributed by atoms with Gasteiger partial charge < -0.3 is 19.4 Å². The van der Waals surface area contributed by atoms with Crippen molar-refractivity contribution in [2.75, 3.05) is 19.7 Å². The number of furan rings is 1. The Morgan fingerprint density at radius 1 is 1.32 bits per heavy atom. The first-order chi connectivity index (χ1) is 13.5. The summed E-state index contributed by atoms with van der Waals surface area (Å²) in [5.41, 5.74) is 3.47. The standard InChI is InChI=1S/C22H28N2O4/c1-14-7-8-16-11-17(21(25)23-20(16)15(14)2)12-24(13-18-5-3-9-27-18)22(26)19-6-4-10-28-19/h4,6-7,10,16-18H,3,5,8-9,11-13H2,1-2H3,(H,23,25). The maximum atomic E-state index is 13.0. The molecule has 3 atom stereocenters. The summed E-state index contributed by atoms with van der Waals surface area (Å²) >= 11 is 0. The fourth-order valence-corrected chi connectivity index (χ4v) is 4.46. The molecule has 1 aliphatic carbocycles. The van der Waals surface area contributed by atoms with Gasteiger partial charge in [0.1, 0.15) is 0 Å². The zero-order chi connectivity index (χ0) is 19.7. The number of nitrogens with zero attached hydrogens (tertiary/aromatic N) is 1. The summed E-state index contributed by atoms with van der Waals surface area (Å²) in [6, 6.07) is 3.38. The zero-order valence-corrected chi connectivity index (χ0v) is 16.6. The lowest BCUT2D eigenvalue weighted by Gasteiger charge is -2.37. The summed E-state index contributed by atoms with van der Waals surface area (Å²) in [4.78, 5) is 27.5. The average Bonchev–Trinajstić information content (AvgIpc) is 3.39. The van der Waals surface area contributed by atoms with Crippen LogP contribution in [0.3, 0.4) is 0 Å². The van der Waals surface area contributed by atoms with Gasteiger partial charge in [-0.2, -0.15) is 0 Å². The largest absolute Gasteiger partial charge is 0.459 e. The number of fused-ring (bicyclic) bond motifs is 1. The second kappa shape index (κ2) is 7.95. The van der Waals surface area contributed by atoms with E-state index in [0.717, 1.165) is 38.0 Å². The highest BCUT2D eigenvalue weighted by Crippen LogP contribution is 2.36. The number of ether oxygens (including phenoxy) is 1. The minimum absolute atomic E-state index is 0.00452. The molecule has 0 bridgehead atoms. The quantitative estimate of drug-likeness (QED) is 0.846. The van der Waals surface area contributed by atoms with Gasteiger partial charge in [0.25, 0.3) is 5.91 Å². The molecule has 2 saturated heterocycles.